The molecule has 0 aliphatic rings. The van der Waals surface area contributed by atoms with Gasteiger partial charge in [0, 0.05) is 34.2 Å². The Balaban J connectivity index is 2.63. The van der Waals surface area contributed by atoms with Crippen LogP contribution in [-0.2, 0) is 0 Å². The van der Waals surface area contributed by atoms with Crippen molar-refractivity contribution in [2.75, 3.05) is 12.8 Å². The minimum Gasteiger partial charge on any atom is -0.496 e. The molecule has 0 fully saturated rings. The number of methoxy groups -OCH3 is 1. The zero-order valence-electron chi connectivity index (χ0n) is 8.77. The van der Waals surface area contributed by atoms with Gasteiger partial charge in [-0.15, -0.1) is 0 Å². The largest absolute Gasteiger partial charge is 0.496 e. The third-order valence-corrected chi connectivity index (χ3v) is 2.54. The Morgan fingerprint density at radius 2 is 2.06 bits per heavy atom. The lowest BCUT2D eigenvalue weighted by atomic mass is 10.1. The van der Waals surface area contributed by atoms with E-state index in [1.807, 2.05) is 12.1 Å². The van der Waals surface area contributed by atoms with Gasteiger partial charge in [-0.05, 0) is 24.3 Å². The summed E-state index contributed by atoms with van der Waals surface area (Å²) in [5, 5.41) is 0.638. The van der Waals surface area contributed by atoms with E-state index in [2.05, 4.69) is 4.98 Å². The average molecular weight is 235 g/mol. The standard InChI is InChI=1S/C12H11ClN2O/c1-16-12-3-2-8(13)6-9(12)10-7-15-5-4-11(10)14/h2-7H,1H3,(H2,14,15). The van der Waals surface area contributed by atoms with Crippen LogP contribution in [0.2, 0.25) is 5.02 Å². The highest BCUT2D eigenvalue weighted by Gasteiger charge is 2.09. The molecule has 0 aliphatic carbocycles. The molecule has 2 rings (SSSR count). The Kier molecular flexibility index (Phi) is 2.97. The van der Waals surface area contributed by atoms with Gasteiger partial charge in [0.25, 0.3) is 0 Å². The maximum Gasteiger partial charge on any atom is 0.126 e. The summed E-state index contributed by atoms with van der Waals surface area (Å²) in [5.41, 5.74) is 8.21. The number of benzene rings is 1. The van der Waals surface area contributed by atoms with E-state index in [9.17, 15) is 0 Å². The van der Waals surface area contributed by atoms with Crippen molar-refractivity contribution in [1.29, 1.82) is 0 Å². The van der Waals surface area contributed by atoms with Crippen LogP contribution in [0.3, 0.4) is 0 Å². The highest BCUT2D eigenvalue weighted by molar-refractivity contribution is 6.31. The summed E-state index contributed by atoms with van der Waals surface area (Å²) in [4.78, 5) is 4.05. The van der Waals surface area contributed by atoms with E-state index >= 15 is 0 Å². The molecule has 0 saturated heterocycles. The number of nitrogen functional groups attached to an aromatic ring is 1. The molecule has 2 aromatic rings. The molecular formula is C12H11ClN2O. The van der Waals surface area contributed by atoms with Crippen LogP contribution in [0.5, 0.6) is 5.75 Å². The van der Waals surface area contributed by atoms with Gasteiger partial charge >= 0.3 is 0 Å². The summed E-state index contributed by atoms with van der Waals surface area (Å²) in [6.07, 6.45) is 3.35. The molecule has 4 heteroatoms. The number of halogens is 1. The fourth-order valence-corrected chi connectivity index (χ4v) is 1.69. The van der Waals surface area contributed by atoms with Crippen molar-refractivity contribution < 1.29 is 4.74 Å². The van der Waals surface area contributed by atoms with E-state index in [4.69, 9.17) is 22.1 Å². The molecule has 0 spiro atoms. The molecule has 82 valence electrons. The maximum absolute atomic E-state index is 5.96. The van der Waals surface area contributed by atoms with Gasteiger partial charge in [-0.3, -0.25) is 4.98 Å². The Morgan fingerprint density at radius 3 is 2.75 bits per heavy atom. The third-order valence-electron chi connectivity index (χ3n) is 2.31. The van der Waals surface area contributed by atoms with Crippen LogP contribution in [-0.4, -0.2) is 12.1 Å². The number of hydrogen-bond donors (Lipinski definition) is 1. The summed E-state index contributed by atoms with van der Waals surface area (Å²) >= 11 is 5.96. The van der Waals surface area contributed by atoms with Crippen LogP contribution in [0.25, 0.3) is 11.1 Å². The number of hydrogen-bond acceptors (Lipinski definition) is 3. The van der Waals surface area contributed by atoms with Gasteiger partial charge in [0.15, 0.2) is 0 Å². The molecule has 0 radical (unpaired) electrons. The van der Waals surface area contributed by atoms with Crippen molar-refractivity contribution in [1.82, 2.24) is 4.98 Å². The van der Waals surface area contributed by atoms with E-state index in [-0.39, 0.29) is 0 Å². The van der Waals surface area contributed by atoms with E-state index in [0.717, 1.165) is 16.9 Å². The fourth-order valence-electron chi connectivity index (χ4n) is 1.52. The van der Waals surface area contributed by atoms with Gasteiger partial charge in [0.2, 0.25) is 0 Å². The summed E-state index contributed by atoms with van der Waals surface area (Å²) in [6, 6.07) is 7.14. The lowest BCUT2D eigenvalue weighted by molar-refractivity contribution is 0.416. The zero-order valence-corrected chi connectivity index (χ0v) is 9.53. The molecule has 16 heavy (non-hydrogen) atoms. The van der Waals surface area contributed by atoms with Crippen molar-refractivity contribution in [3.63, 3.8) is 0 Å². The normalized spacial score (nSPS) is 10.1. The molecule has 0 aliphatic heterocycles. The lowest BCUT2D eigenvalue weighted by Crippen LogP contribution is -1.93. The molecular weight excluding hydrogens is 224 g/mol. The summed E-state index contributed by atoms with van der Waals surface area (Å²) in [5.74, 6) is 0.726. The van der Waals surface area contributed by atoms with Crippen molar-refractivity contribution in [3.05, 3.63) is 41.7 Å². The highest BCUT2D eigenvalue weighted by atomic mass is 35.5. The SMILES string of the molecule is COc1ccc(Cl)cc1-c1cnccc1N. The number of pyridine rings is 1. The molecule has 1 aromatic heterocycles. The second-order valence-electron chi connectivity index (χ2n) is 3.31. The highest BCUT2D eigenvalue weighted by Crippen LogP contribution is 2.34. The number of ether oxygens (including phenoxy) is 1. The van der Waals surface area contributed by atoms with Gasteiger partial charge in [-0.2, -0.15) is 0 Å². The molecule has 2 N–H and O–H groups in total. The predicted molar refractivity (Wildman–Crippen MR) is 65.6 cm³/mol. The first kappa shape index (κ1) is 10.8. The van der Waals surface area contributed by atoms with Crippen molar-refractivity contribution in [2.45, 2.75) is 0 Å². The first-order valence-electron chi connectivity index (χ1n) is 4.76. The third kappa shape index (κ3) is 1.95. The first-order valence-corrected chi connectivity index (χ1v) is 5.13. The van der Waals surface area contributed by atoms with Gasteiger partial charge in [0.05, 0.1) is 7.11 Å². The maximum atomic E-state index is 5.96. The van der Waals surface area contributed by atoms with Crippen LogP contribution in [0.4, 0.5) is 5.69 Å². The molecule has 1 heterocycles. The van der Waals surface area contributed by atoms with Gasteiger partial charge in [0.1, 0.15) is 5.75 Å². The predicted octanol–water partition coefficient (Wildman–Crippen LogP) is 2.99. The van der Waals surface area contributed by atoms with E-state index in [1.54, 1.807) is 31.6 Å². The zero-order chi connectivity index (χ0) is 11.5. The molecule has 0 saturated carbocycles. The second kappa shape index (κ2) is 4.41. The number of aromatic nitrogens is 1. The minimum absolute atomic E-state index is 0.638. The molecule has 3 nitrogen and oxygen atoms in total. The second-order valence-corrected chi connectivity index (χ2v) is 3.74. The number of rotatable bonds is 2. The summed E-state index contributed by atoms with van der Waals surface area (Å²) in [6.45, 7) is 0. The van der Waals surface area contributed by atoms with Gasteiger partial charge in [-0.25, -0.2) is 0 Å². The van der Waals surface area contributed by atoms with Crippen LogP contribution >= 0.6 is 11.6 Å². The number of nitrogens with two attached hydrogens (primary N) is 1. The summed E-state index contributed by atoms with van der Waals surface area (Å²) in [7, 11) is 1.61. The molecule has 1 aromatic carbocycles. The number of anilines is 1. The Morgan fingerprint density at radius 1 is 1.25 bits per heavy atom. The van der Waals surface area contributed by atoms with E-state index in [0.29, 0.717) is 10.7 Å². The molecule has 0 amide bonds. The smallest absolute Gasteiger partial charge is 0.126 e. The van der Waals surface area contributed by atoms with E-state index < -0.39 is 0 Å². The first-order chi connectivity index (χ1) is 7.72. The van der Waals surface area contributed by atoms with Crippen LogP contribution < -0.4 is 10.5 Å². The van der Waals surface area contributed by atoms with Crippen molar-refractivity contribution in [3.8, 4) is 16.9 Å². The summed E-state index contributed by atoms with van der Waals surface area (Å²) < 4.78 is 5.27. The number of nitrogens with zero attached hydrogens (tertiary/aromatic N) is 1. The van der Waals surface area contributed by atoms with Crippen LogP contribution in [0, 0.1) is 0 Å². The Hall–Kier alpha value is -1.74. The van der Waals surface area contributed by atoms with E-state index in [1.165, 1.54) is 0 Å². The monoisotopic (exact) mass is 234 g/mol. The van der Waals surface area contributed by atoms with Crippen molar-refractivity contribution >= 4 is 17.3 Å². The van der Waals surface area contributed by atoms with Gasteiger partial charge in [-0.1, -0.05) is 11.6 Å². The topological polar surface area (TPSA) is 48.1 Å². The molecule has 0 atom stereocenters. The van der Waals surface area contributed by atoms with Gasteiger partial charge < -0.3 is 10.5 Å². The molecule has 0 unspecified atom stereocenters. The average Bonchev–Trinajstić information content (AvgIpc) is 2.29. The van der Waals surface area contributed by atoms with Crippen molar-refractivity contribution in [2.24, 2.45) is 0 Å². The molecule has 0 bridgehead atoms. The van der Waals surface area contributed by atoms with Crippen LogP contribution in [0.1, 0.15) is 0 Å². The van der Waals surface area contributed by atoms with Crippen LogP contribution in [0.15, 0.2) is 36.7 Å². The lowest BCUT2D eigenvalue weighted by Gasteiger charge is -2.10. The fraction of sp³-hybridized carbons (Fsp3) is 0.0833. The minimum atomic E-state index is 0.638. The quantitative estimate of drug-likeness (QED) is 0.869. The Bertz CT molecular complexity index is 514. The Labute approximate surface area is 98.8 Å².